The Morgan fingerprint density at radius 2 is 1.95 bits per heavy atom. The maximum absolute atomic E-state index is 12.4. The van der Waals surface area contributed by atoms with Crippen LogP contribution in [0.5, 0.6) is 0 Å². The lowest BCUT2D eigenvalue weighted by atomic mass is 9.86. The van der Waals surface area contributed by atoms with E-state index in [1.807, 2.05) is 39.0 Å². The number of aromatic nitrogens is 2. The van der Waals surface area contributed by atoms with Gasteiger partial charge in [0.05, 0.1) is 12.6 Å². The van der Waals surface area contributed by atoms with Crippen LogP contribution in [0, 0.1) is 5.41 Å². The van der Waals surface area contributed by atoms with E-state index in [1.165, 1.54) is 7.11 Å². The molecule has 1 heterocycles. The SMILES string of the molecule is COC(=O)[C@@H](NC(=O)c1n[nH]c2ccccc12)C(C)(C)C. The lowest BCUT2D eigenvalue weighted by Crippen LogP contribution is -2.49. The number of para-hydroxylation sites is 1. The first-order valence-electron chi connectivity index (χ1n) is 6.66. The van der Waals surface area contributed by atoms with Crippen LogP contribution in [-0.2, 0) is 9.53 Å². The lowest BCUT2D eigenvalue weighted by molar-refractivity contribution is -0.145. The number of nitrogens with one attached hydrogen (secondary N) is 2. The molecule has 6 nitrogen and oxygen atoms in total. The molecular formula is C15H19N3O3. The molecule has 0 spiro atoms. The summed E-state index contributed by atoms with van der Waals surface area (Å²) in [4.78, 5) is 24.3. The summed E-state index contributed by atoms with van der Waals surface area (Å²) in [6.07, 6.45) is 0. The fourth-order valence-corrected chi connectivity index (χ4v) is 2.08. The third-order valence-corrected chi connectivity index (χ3v) is 3.26. The van der Waals surface area contributed by atoms with E-state index in [-0.39, 0.29) is 5.69 Å². The summed E-state index contributed by atoms with van der Waals surface area (Å²) < 4.78 is 4.76. The van der Waals surface area contributed by atoms with Gasteiger partial charge >= 0.3 is 5.97 Å². The van der Waals surface area contributed by atoms with Crippen molar-refractivity contribution in [2.45, 2.75) is 26.8 Å². The second-order valence-electron chi connectivity index (χ2n) is 5.91. The number of rotatable bonds is 3. The molecule has 1 atom stereocenters. The quantitative estimate of drug-likeness (QED) is 0.845. The molecule has 0 aliphatic rings. The van der Waals surface area contributed by atoms with Crippen LogP contribution < -0.4 is 5.32 Å². The van der Waals surface area contributed by atoms with Gasteiger partial charge in [-0.05, 0) is 11.5 Å². The van der Waals surface area contributed by atoms with Crippen LogP contribution in [0.15, 0.2) is 24.3 Å². The minimum Gasteiger partial charge on any atom is -0.467 e. The van der Waals surface area contributed by atoms with Crippen molar-refractivity contribution in [3.05, 3.63) is 30.0 Å². The molecule has 2 rings (SSSR count). The molecule has 0 fully saturated rings. The van der Waals surface area contributed by atoms with E-state index in [2.05, 4.69) is 15.5 Å². The molecular weight excluding hydrogens is 270 g/mol. The molecule has 2 aromatic rings. The minimum atomic E-state index is -0.745. The number of fused-ring (bicyclic) bond motifs is 1. The smallest absolute Gasteiger partial charge is 0.328 e. The summed E-state index contributed by atoms with van der Waals surface area (Å²) in [6.45, 7) is 5.58. The highest BCUT2D eigenvalue weighted by Gasteiger charge is 2.34. The minimum absolute atomic E-state index is 0.267. The highest BCUT2D eigenvalue weighted by atomic mass is 16.5. The average molecular weight is 289 g/mol. The number of esters is 1. The van der Waals surface area contributed by atoms with Crippen LogP contribution in [0.1, 0.15) is 31.3 Å². The highest BCUT2D eigenvalue weighted by Crippen LogP contribution is 2.22. The number of benzene rings is 1. The summed E-state index contributed by atoms with van der Waals surface area (Å²) in [5.41, 5.74) is 0.575. The summed E-state index contributed by atoms with van der Waals surface area (Å²) in [5, 5.41) is 10.2. The molecule has 6 heteroatoms. The Morgan fingerprint density at radius 3 is 2.57 bits per heavy atom. The first kappa shape index (κ1) is 15.0. The van der Waals surface area contributed by atoms with Crippen molar-refractivity contribution in [2.24, 2.45) is 5.41 Å². The van der Waals surface area contributed by atoms with E-state index < -0.39 is 23.3 Å². The van der Waals surface area contributed by atoms with E-state index >= 15 is 0 Å². The van der Waals surface area contributed by atoms with Gasteiger partial charge in [-0.15, -0.1) is 0 Å². The number of methoxy groups -OCH3 is 1. The number of carbonyl (C=O) groups is 2. The zero-order valence-electron chi connectivity index (χ0n) is 12.6. The van der Waals surface area contributed by atoms with E-state index in [0.717, 1.165) is 5.52 Å². The Bertz CT molecular complexity index is 670. The van der Waals surface area contributed by atoms with Crippen LogP contribution >= 0.6 is 0 Å². The zero-order valence-corrected chi connectivity index (χ0v) is 12.6. The molecule has 0 bridgehead atoms. The highest BCUT2D eigenvalue weighted by molar-refractivity contribution is 6.05. The van der Waals surface area contributed by atoms with Crippen LogP contribution in [0.3, 0.4) is 0 Å². The molecule has 0 saturated heterocycles. The summed E-state index contributed by atoms with van der Waals surface area (Å²) in [6, 6.07) is 6.58. The second kappa shape index (κ2) is 5.55. The molecule has 0 unspecified atom stereocenters. The Labute approximate surface area is 122 Å². The van der Waals surface area contributed by atoms with Crippen molar-refractivity contribution in [2.75, 3.05) is 7.11 Å². The van der Waals surface area contributed by atoms with E-state index in [0.29, 0.717) is 5.39 Å². The fraction of sp³-hybridized carbons (Fsp3) is 0.400. The number of hydrogen-bond acceptors (Lipinski definition) is 4. The maximum Gasteiger partial charge on any atom is 0.328 e. The van der Waals surface area contributed by atoms with Gasteiger partial charge in [-0.2, -0.15) is 5.10 Å². The predicted octanol–water partition coefficient (Wildman–Crippen LogP) is 1.88. The topological polar surface area (TPSA) is 84.1 Å². The van der Waals surface area contributed by atoms with Gasteiger partial charge in [0.15, 0.2) is 5.69 Å². The number of ether oxygens (including phenoxy) is 1. The van der Waals surface area contributed by atoms with Gasteiger partial charge in [-0.25, -0.2) is 4.79 Å². The number of nitrogens with zero attached hydrogens (tertiary/aromatic N) is 1. The van der Waals surface area contributed by atoms with Gasteiger partial charge in [0, 0.05) is 5.39 Å². The summed E-state index contributed by atoms with van der Waals surface area (Å²) >= 11 is 0. The predicted molar refractivity (Wildman–Crippen MR) is 78.8 cm³/mol. The van der Waals surface area contributed by atoms with Gasteiger partial charge < -0.3 is 10.1 Å². The monoisotopic (exact) mass is 289 g/mol. The third kappa shape index (κ3) is 3.04. The van der Waals surface area contributed by atoms with E-state index in [1.54, 1.807) is 6.07 Å². The van der Waals surface area contributed by atoms with Crippen molar-refractivity contribution in [3.8, 4) is 0 Å². The molecule has 2 N–H and O–H groups in total. The Hall–Kier alpha value is -2.37. The van der Waals surface area contributed by atoms with Gasteiger partial charge in [0.1, 0.15) is 6.04 Å². The zero-order chi connectivity index (χ0) is 15.6. The molecule has 21 heavy (non-hydrogen) atoms. The number of H-pyrrole nitrogens is 1. The molecule has 1 amide bonds. The summed E-state index contributed by atoms with van der Waals surface area (Å²) in [7, 11) is 1.30. The Kier molecular flexibility index (Phi) is 3.97. The Balaban J connectivity index is 2.29. The van der Waals surface area contributed by atoms with Gasteiger partial charge in [-0.1, -0.05) is 39.0 Å². The van der Waals surface area contributed by atoms with Crippen LogP contribution in [-0.4, -0.2) is 35.2 Å². The molecule has 0 aliphatic heterocycles. The standard InChI is InChI=1S/C15H19N3O3/c1-15(2,3)12(14(20)21-4)16-13(19)11-9-7-5-6-8-10(9)17-18-11/h5-8,12H,1-4H3,(H,16,19)(H,17,18)/t12-/m1/s1. The molecule has 0 radical (unpaired) electrons. The molecule has 1 aromatic carbocycles. The van der Waals surface area contributed by atoms with Crippen LogP contribution in [0.2, 0.25) is 0 Å². The molecule has 1 aromatic heterocycles. The van der Waals surface area contributed by atoms with Crippen molar-refractivity contribution < 1.29 is 14.3 Å². The van der Waals surface area contributed by atoms with Gasteiger partial charge in [-0.3, -0.25) is 9.89 Å². The number of hydrogen-bond donors (Lipinski definition) is 2. The number of aromatic amines is 1. The molecule has 0 aliphatic carbocycles. The van der Waals surface area contributed by atoms with Gasteiger partial charge in [0.2, 0.25) is 0 Å². The van der Waals surface area contributed by atoms with E-state index in [9.17, 15) is 9.59 Å². The average Bonchev–Trinajstić information content (AvgIpc) is 2.86. The van der Waals surface area contributed by atoms with Crippen LogP contribution in [0.4, 0.5) is 0 Å². The van der Waals surface area contributed by atoms with Crippen molar-refractivity contribution >= 4 is 22.8 Å². The van der Waals surface area contributed by atoms with Crippen molar-refractivity contribution in [1.29, 1.82) is 0 Å². The number of carbonyl (C=O) groups excluding carboxylic acids is 2. The summed E-state index contributed by atoms with van der Waals surface area (Å²) in [5.74, 6) is -0.881. The largest absolute Gasteiger partial charge is 0.467 e. The van der Waals surface area contributed by atoms with Crippen molar-refractivity contribution in [1.82, 2.24) is 15.5 Å². The normalized spacial score (nSPS) is 13.0. The van der Waals surface area contributed by atoms with Crippen LogP contribution in [0.25, 0.3) is 10.9 Å². The Morgan fingerprint density at radius 1 is 1.29 bits per heavy atom. The second-order valence-corrected chi connectivity index (χ2v) is 5.91. The van der Waals surface area contributed by atoms with E-state index in [4.69, 9.17) is 4.74 Å². The van der Waals surface area contributed by atoms with Crippen molar-refractivity contribution in [3.63, 3.8) is 0 Å². The number of amides is 1. The lowest BCUT2D eigenvalue weighted by Gasteiger charge is -2.28. The first-order chi connectivity index (χ1) is 9.84. The molecule has 112 valence electrons. The maximum atomic E-state index is 12.4. The molecule has 0 saturated carbocycles. The fourth-order valence-electron chi connectivity index (χ4n) is 2.08. The first-order valence-corrected chi connectivity index (χ1v) is 6.66. The third-order valence-electron chi connectivity index (χ3n) is 3.26. The van der Waals surface area contributed by atoms with Gasteiger partial charge in [0.25, 0.3) is 5.91 Å².